The quantitative estimate of drug-likeness (QED) is 0.0908. The van der Waals surface area contributed by atoms with E-state index in [0.29, 0.717) is 30.7 Å². The van der Waals surface area contributed by atoms with Crippen LogP contribution < -0.4 is 9.64 Å². The molecule has 0 saturated heterocycles. The Morgan fingerprint density at radius 3 is 2.16 bits per heavy atom. The molecule has 1 heterocycles. The predicted octanol–water partition coefficient (Wildman–Crippen LogP) is 7.80. The maximum atomic E-state index is 13.4. The third kappa shape index (κ3) is 8.48. The van der Waals surface area contributed by atoms with Crippen LogP contribution in [-0.2, 0) is 9.59 Å². The minimum absolute atomic E-state index is 0.0240. The molecule has 0 N–H and O–H groups in total. The fraction of sp³-hybridized carbons (Fsp3) is 0.594. The van der Waals surface area contributed by atoms with Gasteiger partial charge in [0.25, 0.3) is 17.5 Å². The summed E-state index contributed by atoms with van der Waals surface area (Å²) in [6.45, 7) is 20.8. The summed E-state index contributed by atoms with van der Waals surface area (Å²) in [7, 11) is 0. The van der Waals surface area contributed by atoms with Crippen LogP contribution >= 0.6 is 0 Å². The first kappa shape index (κ1) is 31.1. The highest BCUT2D eigenvalue weighted by Gasteiger charge is 2.35. The normalized spacial score (nSPS) is 14.8. The van der Waals surface area contributed by atoms with Crippen molar-refractivity contribution in [2.45, 2.75) is 98.8 Å². The van der Waals surface area contributed by atoms with Crippen LogP contribution in [-0.4, -0.2) is 43.0 Å². The van der Waals surface area contributed by atoms with E-state index in [2.05, 4.69) is 42.6 Å². The van der Waals surface area contributed by atoms with Crippen LogP contribution in [0.1, 0.15) is 104 Å². The SMILES string of the molecule is [C-]#[N+]C1=C(C)C(=Cc2ccc(N(CCCC)CCCC)cc2OCCCCCC)C(=O)N(CCCC)C1=O. The molecule has 0 atom stereocenters. The number of anilines is 1. The first-order valence-electron chi connectivity index (χ1n) is 14.6. The van der Waals surface area contributed by atoms with E-state index in [1.807, 2.05) is 19.1 Å². The molecule has 0 aliphatic carbocycles. The smallest absolute Gasteiger partial charge is 0.260 e. The first-order valence-corrected chi connectivity index (χ1v) is 14.6. The summed E-state index contributed by atoms with van der Waals surface area (Å²) in [5.74, 6) is -0.0800. The lowest BCUT2D eigenvalue weighted by molar-refractivity contribution is -0.140. The number of rotatable bonds is 17. The van der Waals surface area contributed by atoms with Gasteiger partial charge in [-0.1, -0.05) is 66.2 Å². The number of hydrogen-bond acceptors (Lipinski definition) is 4. The molecule has 1 aromatic rings. The number of benzene rings is 1. The molecule has 0 fully saturated rings. The van der Waals surface area contributed by atoms with Crippen molar-refractivity contribution in [3.05, 3.63) is 52.0 Å². The first-order chi connectivity index (χ1) is 18.4. The maximum Gasteiger partial charge on any atom is 0.260 e. The number of carbonyl (C=O) groups excluding carboxylic acids is 2. The van der Waals surface area contributed by atoms with E-state index in [1.165, 1.54) is 17.7 Å². The summed E-state index contributed by atoms with van der Waals surface area (Å²) in [6, 6.07) is 6.21. The zero-order valence-corrected chi connectivity index (χ0v) is 24.3. The zero-order valence-electron chi connectivity index (χ0n) is 24.3. The van der Waals surface area contributed by atoms with Crippen LogP contribution in [0.3, 0.4) is 0 Å². The average Bonchev–Trinajstić information content (AvgIpc) is 2.92. The van der Waals surface area contributed by atoms with Gasteiger partial charge in [-0.25, -0.2) is 4.85 Å². The van der Waals surface area contributed by atoms with Crippen molar-refractivity contribution in [1.29, 1.82) is 0 Å². The minimum Gasteiger partial charge on any atom is -0.493 e. The van der Waals surface area contributed by atoms with Crippen molar-refractivity contribution >= 4 is 23.6 Å². The van der Waals surface area contributed by atoms with Crippen molar-refractivity contribution in [3.8, 4) is 5.75 Å². The van der Waals surface area contributed by atoms with Crippen LogP contribution in [0.25, 0.3) is 10.9 Å². The average molecular weight is 522 g/mol. The van der Waals surface area contributed by atoms with E-state index in [0.717, 1.165) is 75.0 Å². The monoisotopic (exact) mass is 521 g/mol. The van der Waals surface area contributed by atoms with Crippen LogP contribution in [0.5, 0.6) is 5.75 Å². The molecule has 2 rings (SSSR count). The van der Waals surface area contributed by atoms with Gasteiger partial charge in [-0.3, -0.25) is 14.5 Å². The van der Waals surface area contributed by atoms with Crippen molar-refractivity contribution < 1.29 is 14.3 Å². The van der Waals surface area contributed by atoms with E-state index < -0.39 is 5.91 Å². The number of carbonyl (C=O) groups is 2. The third-order valence-corrected chi connectivity index (χ3v) is 7.01. The van der Waals surface area contributed by atoms with Gasteiger partial charge in [-0.05, 0) is 56.4 Å². The van der Waals surface area contributed by atoms with Gasteiger partial charge < -0.3 is 9.64 Å². The third-order valence-electron chi connectivity index (χ3n) is 7.01. The molecule has 208 valence electrons. The second kappa shape index (κ2) is 16.7. The Balaban J connectivity index is 2.52. The van der Waals surface area contributed by atoms with Crippen molar-refractivity contribution in [3.63, 3.8) is 0 Å². The number of ether oxygens (including phenoxy) is 1. The van der Waals surface area contributed by atoms with E-state index >= 15 is 0 Å². The number of nitrogens with zero attached hydrogens (tertiary/aromatic N) is 3. The molecule has 0 aromatic heterocycles. The Hall–Kier alpha value is -3.07. The second-order valence-electron chi connectivity index (χ2n) is 10.1. The standard InChI is InChI=1S/C32H47N3O3/c1-7-11-15-16-22-38-29-24-27(34(19-12-8-2)20-13-9-3)18-17-26(29)23-28-25(5)30(33-6)32(37)35(31(28)36)21-14-10-4/h17-18,23-24H,7-16,19-22H2,1-5H3. The van der Waals surface area contributed by atoms with Gasteiger partial charge in [0.05, 0.1) is 13.2 Å². The summed E-state index contributed by atoms with van der Waals surface area (Å²) in [4.78, 5) is 33.4. The van der Waals surface area contributed by atoms with Crippen LogP contribution in [0.15, 0.2) is 35.0 Å². The van der Waals surface area contributed by atoms with Gasteiger partial charge in [0.15, 0.2) is 0 Å². The summed E-state index contributed by atoms with van der Waals surface area (Å²) in [5, 5.41) is 0. The number of amides is 2. The molecule has 1 aliphatic heterocycles. The van der Waals surface area contributed by atoms with E-state index in [4.69, 9.17) is 11.3 Å². The lowest BCUT2D eigenvalue weighted by atomic mass is 9.96. The molecule has 38 heavy (non-hydrogen) atoms. The second-order valence-corrected chi connectivity index (χ2v) is 10.1. The van der Waals surface area contributed by atoms with Crippen LogP contribution in [0.4, 0.5) is 5.69 Å². The fourth-order valence-electron chi connectivity index (χ4n) is 4.53. The molecule has 0 unspecified atom stereocenters. The number of imide groups is 1. The van der Waals surface area contributed by atoms with Crippen molar-refractivity contribution in [1.82, 2.24) is 4.90 Å². The Morgan fingerprint density at radius 1 is 0.895 bits per heavy atom. The summed E-state index contributed by atoms with van der Waals surface area (Å²) >= 11 is 0. The van der Waals surface area contributed by atoms with Gasteiger partial charge in [-0.15, -0.1) is 0 Å². The highest BCUT2D eigenvalue weighted by Crippen LogP contribution is 2.33. The molecular formula is C32H47N3O3. The van der Waals surface area contributed by atoms with E-state index in [1.54, 1.807) is 6.92 Å². The van der Waals surface area contributed by atoms with Crippen molar-refractivity contribution in [2.24, 2.45) is 0 Å². The summed E-state index contributed by atoms with van der Waals surface area (Å²) < 4.78 is 6.32. The Kier molecular flexibility index (Phi) is 13.7. The van der Waals surface area contributed by atoms with Gasteiger partial charge in [-0.2, -0.15) is 0 Å². The number of unbranched alkanes of at least 4 members (excludes halogenated alkanes) is 6. The van der Waals surface area contributed by atoms with E-state index in [9.17, 15) is 9.59 Å². The van der Waals surface area contributed by atoms with Crippen LogP contribution in [0.2, 0.25) is 0 Å². The summed E-state index contributed by atoms with van der Waals surface area (Å²) in [6.07, 6.45) is 12.3. The molecule has 0 bridgehead atoms. The molecule has 6 nitrogen and oxygen atoms in total. The lowest BCUT2D eigenvalue weighted by Crippen LogP contribution is -2.42. The lowest BCUT2D eigenvalue weighted by Gasteiger charge is -2.28. The molecule has 0 radical (unpaired) electrons. The molecular weight excluding hydrogens is 474 g/mol. The highest BCUT2D eigenvalue weighted by atomic mass is 16.5. The molecule has 6 heteroatoms. The Bertz CT molecular complexity index is 1030. The summed E-state index contributed by atoms with van der Waals surface area (Å²) in [5.41, 5.74) is 2.78. The van der Waals surface area contributed by atoms with Gasteiger partial charge in [0.1, 0.15) is 5.75 Å². The molecule has 1 aromatic carbocycles. The van der Waals surface area contributed by atoms with Crippen molar-refractivity contribution in [2.75, 3.05) is 31.1 Å². The largest absolute Gasteiger partial charge is 0.493 e. The van der Waals surface area contributed by atoms with Crippen LogP contribution in [0, 0.1) is 6.57 Å². The molecule has 0 spiro atoms. The zero-order chi connectivity index (χ0) is 27.9. The molecule has 1 aliphatic rings. The Labute approximate surface area is 230 Å². The van der Waals surface area contributed by atoms with E-state index in [-0.39, 0.29) is 11.6 Å². The minimum atomic E-state index is -0.488. The molecule has 0 saturated carbocycles. The number of hydrogen-bond donors (Lipinski definition) is 0. The fourth-order valence-corrected chi connectivity index (χ4v) is 4.53. The molecule has 2 amide bonds. The topological polar surface area (TPSA) is 54.2 Å². The van der Waals surface area contributed by atoms with Gasteiger partial charge in [0, 0.05) is 42.5 Å². The van der Waals surface area contributed by atoms with Gasteiger partial charge >= 0.3 is 0 Å². The maximum absolute atomic E-state index is 13.4. The Morgan fingerprint density at radius 2 is 1.55 bits per heavy atom. The van der Waals surface area contributed by atoms with Gasteiger partial charge in [0.2, 0.25) is 0 Å². The highest BCUT2D eigenvalue weighted by molar-refractivity contribution is 6.19. The predicted molar refractivity (Wildman–Crippen MR) is 157 cm³/mol.